The predicted molar refractivity (Wildman–Crippen MR) is 85.5 cm³/mol. The fourth-order valence-electron chi connectivity index (χ4n) is 2.31. The van der Waals surface area contributed by atoms with Crippen molar-refractivity contribution in [3.8, 4) is 5.88 Å². The Hall–Kier alpha value is -3.16. The first-order valence-electron chi connectivity index (χ1n) is 7.17. The zero-order valence-corrected chi connectivity index (χ0v) is 13.0. The molecule has 3 aromatic rings. The number of alkyl halides is 3. The first-order chi connectivity index (χ1) is 11.9. The van der Waals surface area contributed by atoms with Crippen LogP contribution in [0.5, 0.6) is 5.88 Å². The lowest BCUT2D eigenvalue weighted by Gasteiger charge is -2.12. The molecule has 0 atom stereocenters. The van der Waals surface area contributed by atoms with Gasteiger partial charge in [0, 0.05) is 23.3 Å². The largest absolute Gasteiger partial charge is 0.481 e. The smallest absolute Gasteiger partial charge is 0.434 e. The molecule has 128 valence electrons. The Labute approximate surface area is 140 Å². The van der Waals surface area contributed by atoms with Crippen molar-refractivity contribution in [3.05, 3.63) is 59.9 Å². The topological polar surface area (TPSA) is 64.1 Å². The summed E-state index contributed by atoms with van der Waals surface area (Å²) in [6.45, 7) is 0. The minimum atomic E-state index is -4.71. The van der Waals surface area contributed by atoms with Crippen LogP contribution in [-0.2, 0) is 6.18 Å². The van der Waals surface area contributed by atoms with Gasteiger partial charge in [0.05, 0.1) is 18.2 Å². The Bertz CT molecular complexity index is 942. The highest BCUT2D eigenvalue weighted by molar-refractivity contribution is 6.05. The van der Waals surface area contributed by atoms with Crippen LogP contribution >= 0.6 is 0 Å². The van der Waals surface area contributed by atoms with E-state index >= 15 is 0 Å². The summed E-state index contributed by atoms with van der Waals surface area (Å²) in [5.41, 5.74) is -0.779. The van der Waals surface area contributed by atoms with Gasteiger partial charge in [-0.25, -0.2) is 4.98 Å². The van der Waals surface area contributed by atoms with E-state index in [0.29, 0.717) is 22.5 Å². The van der Waals surface area contributed by atoms with Gasteiger partial charge >= 0.3 is 6.18 Å². The molecule has 3 rings (SSSR count). The van der Waals surface area contributed by atoms with Crippen LogP contribution in [0.15, 0.2) is 48.7 Å². The highest BCUT2D eigenvalue weighted by Crippen LogP contribution is 2.30. The van der Waals surface area contributed by atoms with Gasteiger partial charge in [-0.2, -0.15) is 13.2 Å². The lowest BCUT2D eigenvalue weighted by atomic mass is 10.1. The van der Waals surface area contributed by atoms with E-state index in [4.69, 9.17) is 4.74 Å². The molecule has 2 aromatic heterocycles. The number of pyridine rings is 2. The van der Waals surface area contributed by atoms with E-state index in [1.165, 1.54) is 13.2 Å². The van der Waals surface area contributed by atoms with E-state index in [1.54, 1.807) is 30.3 Å². The predicted octanol–water partition coefficient (Wildman–Crippen LogP) is 3.91. The molecule has 0 aliphatic heterocycles. The number of ether oxygens (including phenoxy) is 1. The van der Waals surface area contributed by atoms with Crippen molar-refractivity contribution in [1.29, 1.82) is 0 Å². The van der Waals surface area contributed by atoms with Gasteiger partial charge in [-0.1, -0.05) is 0 Å². The number of amides is 1. The number of fused-ring (bicyclic) bond motifs is 1. The Morgan fingerprint density at radius 2 is 1.96 bits per heavy atom. The molecule has 0 saturated carbocycles. The molecule has 0 fully saturated rings. The number of hydrogen-bond donors (Lipinski definition) is 1. The normalized spacial score (nSPS) is 11.4. The van der Waals surface area contributed by atoms with E-state index in [0.717, 1.165) is 12.3 Å². The quantitative estimate of drug-likeness (QED) is 0.780. The summed E-state index contributed by atoms with van der Waals surface area (Å²) in [7, 11) is 1.49. The molecule has 1 aromatic carbocycles. The maximum atomic E-state index is 13.0. The van der Waals surface area contributed by atoms with Gasteiger partial charge in [0.2, 0.25) is 5.88 Å². The summed E-state index contributed by atoms with van der Waals surface area (Å²) < 4.78 is 43.9. The number of aromatic nitrogens is 2. The number of halogens is 3. The molecule has 0 saturated heterocycles. The molecule has 0 unspecified atom stereocenters. The summed E-state index contributed by atoms with van der Waals surface area (Å²) in [5.74, 6) is -0.448. The molecule has 0 aliphatic carbocycles. The van der Waals surface area contributed by atoms with E-state index < -0.39 is 23.3 Å². The minimum absolute atomic E-state index is 0.349. The van der Waals surface area contributed by atoms with Gasteiger partial charge in [-0.3, -0.25) is 9.78 Å². The van der Waals surface area contributed by atoms with Crippen LogP contribution in [0.25, 0.3) is 10.9 Å². The van der Waals surface area contributed by atoms with Crippen LogP contribution in [0.1, 0.15) is 16.1 Å². The lowest BCUT2D eigenvalue weighted by molar-refractivity contribution is -0.141. The average molecular weight is 347 g/mol. The van der Waals surface area contributed by atoms with Crippen LogP contribution in [0, 0.1) is 0 Å². The van der Waals surface area contributed by atoms with E-state index in [-0.39, 0.29) is 0 Å². The number of carbonyl (C=O) groups excluding carboxylic acids is 1. The number of nitrogens with zero attached hydrogens (tertiary/aromatic N) is 2. The average Bonchev–Trinajstić information content (AvgIpc) is 2.60. The molecular weight excluding hydrogens is 335 g/mol. The highest BCUT2D eigenvalue weighted by Gasteiger charge is 2.36. The Balaban J connectivity index is 1.90. The van der Waals surface area contributed by atoms with Crippen molar-refractivity contribution in [2.75, 3.05) is 12.4 Å². The summed E-state index contributed by atoms with van der Waals surface area (Å²) in [4.78, 5) is 19.7. The lowest BCUT2D eigenvalue weighted by Crippen LogP contribution is -2.20. The second-order valence-electron chi connectivity index (χ2n) is 5.11. The standard InChI is InChI=1S/C17H12F3N3O2/c1-25-14-7-4-10-9-11(5-6-13(10)23-14)22-16(24)12-3-2-8-21-15(12)17(18,19)20/h2-9H,1H3,(H,22,24). The molecular formula is C17H12F3N3O2. The van der Waals surface area contributed by atoms with Crippen LogP contribution in [0.2, 0.25) is 0 Å². The van der Waals surface area contributed by atoms with Gasteiger partial charge in [0.25, 0.3) is 5.91 Å². The summed E-state index contributed by atoms with van der Waals surface area (Å²) in [6, 6.07) is 10.6. The summed E-state index contributed by atoms with van der Waals surface area (Å²) in [6.07, 6.45) is -3.72. The zero-order valence-electron chi connectivity index (χ0n) is 13.0. The fourth-order valence-corrected chi connectivity index (χ4v) is 2.31. The summed E-state index contributed by atoms with van der Waals surface area (Å²) in [5, 5.41) is 3.16. The van der Waals surface area contributed by atoms with E-state index in [2.05, 4.69) is 15.3 Å². The van der Waals surface area contributed by atoms with Crippen LogP contribution in [0.3, 0.4) is 0 Å². The highest BCUT2D eigenvalue weighted by atomic mass is 19.4. The molecule has 0 bridgehead atoms. The maximum Gasteiger partial charge on any atom is 0.434 e. The zero-order chi connectivity index (χ0) is 18.0. The molecule has 0 spiro atoms. The fraction of sp³-hybridized carbons (Fsp3) is 0.118. The second-order valence-corrected chi connectivity index (χ2v) is 5.11. The van der Waals surface area contributed by atoms with Gasteiger partial charge in [-0.15, -0.1) is 0 Å². The monoisotopic (exact) mass is 347 g/mol. The number of methoxy groups -OCH3 is 1. The van der Waals surface area contributed by atoms with Crippen molar-refractivity contribution in [2.24, 2.45) is 0 Å². The Morgan fingerprint density at radius 1 is 1.16 bits per heavy atom. The molecule has 0 radical (unpaired) electrons. The molecule has 25 heavy (non-hydrogen) atoms. The molecule has 2 heterocycles. The Morgan fingerprint density at radius 3 is 2.68 bits per heavy atom. The van der Waals surface area contributed by atoms with Crippen molar-refractivity contribution < 1.29 is 22.7 Å². The van der Waals surface area contributed by atoms with Gasteiger partial charge < -0.3 is 10.1 Å². The third kappa shape index (κ3) is 3.52. The number of carbonyl (C=O) groups is 1. The van der Waals surface area contributed by atoms with Crippen LogP contribution < -0.4 is 10.1 Å². The maximum absolute atomic E-state index is 13.0. The van der Waals surface area contributed by atoms with Crippen molar-refractivity contribution >= 4 is 22.5 Å². The van der Waals surface area contributed by atoms with Crippen LogP contribution in [0.4, 0.5) is 18.9 Å². The van der Waals surface area contributed by atoms with E-state index in [9.17, 15) is 18.0 Å². The summed E-state index contributed by atoms with van der Waals surface area (Å²) >= 11 is 0. The molecule has 1 amide bonds. The van der Waals surface area contributed by atoms with Crippen molar-refractivity contribution in [3.63, 3.8) is 0 Å². The van der Waals surface area contributed by atoms with Crippen molar-refractivity contribution in [2.45, 2.75) is 6.18 Å². The number of nitrogens with one attached hydrogen (secondary N) is 1. The van der Waals surface area contributed by atoms with Crippen molar-refractivity contribution in [1.82, 2.24) is 9.97 Å². The number of rotatable bonds is 3. The number of anilines is 1. The third-order valence-electron chi connectivity index (χ3n) is 3.45. The molecule has 5 nitrogen and oxygen atoms in total. The first-order valence-corrected chi connectivity index (χ1v) is 7.17. The van der Waals surface area contributed by atoms with Gasteiger partial charge in [-0.05, 0) is 36.4 Å². The van der Waals surface area contributed by atoms with Gasteiger partial charge in [0.15, 0.2) is 5.69 Å². The minimum Gasteiger partial charge on any atom is -0.481 e. The number of benzene rings is 1. The third-order valence-corrected chi connectivity index (χ3v) is 3.45. The second kappa shape index (κ2) is 6.39. The molecule has 0 aliphatic rings. The first kappa shape index (κ1) is 16.7. The van der Waals surface area contributed by atoms with Gasteiger partial charge in [0.1, 0.15) is 0 Å². The van der Waals surface area contributed by atoms with E-state index in [1.807, 2.05) is 0 Å². The Kier molecular flexibility index (Phi) is 4.26. The molecule has 8 heteroatoms. The molecule has 1 N–H and O–H groups in total. The van der Waals surface area contributed by atoms with Crippen LogP contribution in [-0.4, -0.2) is 23.0 Å². The number of hydrogen-bond acceptors (Lipinski definition) is 4. The SMILES string of the molecule is COc1ccc2cc(NC(=O)c3cccnc3C(F)(F)F)ccc2n1.